The van der Waals surface area contributed by atoms with E-state index in [4.69, 9.17) is 4.74 Å². The molecule has 0 saturated carbocycles. The lowest BCUT2D eigenvalue weighted by molar-refractivity contribution is 0.0777. The van der Waals surface area contributed by atoms with Crippen molar-refractivity contribution in [2.45, 2.75) is 13.5 Å². The van der Waals surface area contributed by atoms with Crippen LogP contribution in [0.2, 0.25) is 0 Å². The molecule has 23 heavy (non-hydrogen) atoms. The summed E-state index contributed by atoms with van der Waals surface area (Å²) in [4.78, 5) is 25.8. The van der Waals surface area contributed by atoms with E-state index >= 15 is 0 Å². The highest BCUT2D eigenvalue weighted by Gasteiger charge is 2.19. The molecule has 0 radical (unpaired) electrons. The number of benzene rings is 1. The van der Waals surface area contributed by atoms with Crippen molar-refractivity contribution in [1.29, 1.82) is 0 Å². The van der Waals surface area contributed by atoms with Gasteiger partial charge < -0.3 is 14.6 Å². The van der Waals surface area contributed by atoms with Crippen molar-refractivity contribution in [2.24, 2.45) is 0 Å². The van der Waals surface area contributed by atoms with Gasteiger partial charge >= 0.3 is 0 Å². The van der Waals surface area contributed by atoms with Crippen LogP contribution in [-0.2, 0) is 6.54 Å². The zero-order chi connectivity index (χ0) is 16.4. The summed E-state index contributed by atoms with van der Waals surface area (Å²) in [6.07, 6.45) is 4.89. The predicted molar refractivity (Wildman–Crippen MR) is 87.4 cm³/mol. The van der Waals surface area contributed by atoms with Crippen molar-refractivity contribution in [3.8, 4) is 5.75 Å². The summed E-state index contributed by atoms with van der Waals surface area (Å²) in [5.74, 6) is 0.690. The second-order valence-corrected chi connectivity index (χ2v) is 5.39. The molecule has 0 aliphatic rings. The second kappa shape index (κ2) is 6.08. The Morgan fingerprint density at radius 3 is 2.87 bits per heavy atom. The number of rotatable bonds is 4. The highest BCUT2D eigenvalue weighted by molar-refractivity contribution is 6.01. The van der Waals surface area contributed by atoms with Gasteiger partial charge in [-0.05, 0) is 30.7 Å². The quantitative estimate of drug-likeness (QED) is 0.804. The summed E-state index contributed by atoms with van der Waals surface area (Å²) < 4.78 is 5.25. The van der Waals surface area contributed by atoms with Gasteiger partial charge in [-0.1, -0.05) is 0 Å². The minimum Gasteiger partial charge on any atom is -0.497 e. The summed E-state index contributed by atoms with van der Waals surface area (Å²) in [7, 11) is 3.38. The van der Waals surface area contributed by atoms with Crippen molar-refractivity contribution >= 4 is 16.8 Å². The van der Waals surface area contributed by atoms with E-state index in [1.54, 1.807) is 37.6 Å². The molecule has 0 aliphatic carbocycles. The summed E-state index contributed by atoms with van der Waals surface area (Å²) in [6.45, 7) is 2.34. The van der Waals surface area contributed by atoms with E-state index in [-0.39, 0.29) is 5.91 Å². The lowest BCUT2D eigenvalue weighted by Gasteiger charge is -2.16. The van der Waals surface area contributed by atoms with Crippen LogP contribution in [0.3, 0.4) is 0 Å². The van der Waals surface area contributed by atoms with Gasteiger partial charge in [0.2, 0.25) is 0 Å². The number of H-pyrrole nitrogens is 1. The van der Waals surface area contributed by atoms with Crippen LogP contribution in [0.5, 0.6) is 5.75 Å². The minimum atomic E-state index is -0.0803. The number of aromatic amines is 1. The molecule has 6 nitrogen and oxygen atoms in total. The molecular weight excluding hydrogens is 292 g/mol. The van der Waals surface area contributed by atoms with Gasteiger partial charge in [-0.15, -0.1) is 0 Å². The molecule has 0 bridgehead atoms. The number of carbonyl (C=O) groups excluding carboxylic acids is 1. The summed E-state index contributed by atoms with van der Waals surface area (Å²) in [6, 6.07) is 5.72. The van der Waals surface area contributed by atoms with Gasteiger partial charge in [0.25, 0.3) is 5.91 Å². The van der Waals surface area contributed by atoms with Gasteiger partial charge in [0.15, 0.2) is 0 Å². The van der Waals surface area contributed by atoms with Crippen LogP contribution in [0, 0.1) is 6.92 Å². The molecule has 2 heterocycles. The molecule has 0 saturated heterocycles. The topological polar surface area (TPSA) is 71.1 Å². The molecule has 3 rings (SSSR count). The average Bonchev–Trinajstić information content (AvgIpc) is 2.91. The molecule has 2 aromatic heterocycles. The van der Waals surface area contributed by atoms with Crippen LogP contribution in [0.15, 0.2) is 36.8 Å². The van der Waals surface area contributed by atoms with E-state index < -0.39 is 0 Å². The SMILES string of the molecule is COc1ccc2[nH]c(C(=O)N(C)Cc3cnccn3)c(C)c2c1. The fourth-order valence-electron chi connectivity index (χ4n) is 2.56. The van der Waals surface area contributed by atoms with E-state index in [9.17, 15) is 4.79 Å². The molecule has 6 heteroatoms. The first kappa shape index (κ1) is 15.0. The van der Waals surface area contributed by atoms with Gasteiger partial charge in [0, 0.05) is 30.3 Å². The van der Waals surface area contributed by atoms with Gasteiger partial charge in [0.1, 0.15) is 11.4 Å². The number of hydrogen-bond acceptors (Lipinski definition) is 4. The third-order valence-corrected chi connectivity index (χ3v) is 3.84. The first-order chi connectivity index (χ1) is 11.1. The fraction of sp³-hybridized carbons (Fsp3) is 0.235. The van der Waals surface area contributed by atoms with Crippen LogP contribution in [0.4, 0.5) is 0 Å². The maximum Gasteiger partial charge on any atom is 0.270 e. The maximum absolute atomic E-state index is 12.7. The molecule has 0 aliphatic heterocycles. The Bertz CT molecular complexity index is 842. The number of aryl methyl sites for hydroxylation is 1. The molecule has 3 aromatic rings. The zero-order valence-corrected chi connectivity index (χ0v) is 13.3. The highest BCUT2D eigenvalue weighted by atomic mass is 16.5. The molecule has 1 N–H and O–H groups in total. The van der Waals surface area contributed by atoms with Crippen LogP contribution in [-0.4, -0.2) is 39.9 Å². The molecule has 0 atom stereocenters. The lowest BCUT2D eigenvalue weighted by atomic mass is 10.1. The Morgan fingerprint density at radius 2 is 2.17 bits per heavy atom. The van der Waals surface area contributed by atoms with Crippen LogP contribution >= 0.6 is 0 Å². The number of carbonyl (C=O) groups is 1. The standard InChI is InChI=1S/C17H18N4O2/c1-11-14-8-13(23-3)4-5-15(14)20-16(11)17(22)21(2)10-12-9-18-6-7-19-12/h4-9,20H,10H2,1-3H3. The summed E-state index contributed by atoms with van der Waals surface area (Å²) in [5, 5.41) is 0.987. The molecule has 0 unspecified atom stereocenters. The van der Waals surface area contributed by atoms with E-state index in [2.05, 4.69) is 15.0 Å². The number of methoxy groups -OCH3 is 1. The number of fused-ring (bicyclic) bond motifs is 1. The lowest BCUT2D eigenvalue weighted by Crippen LogP contribution is -2.27. The zero-order valence-electron chi connectivity index (χ0n) is 13.3. The van der Waals surface area contributed by atoms with Crippen molar-refractivity contribution in [2.75, 3.05) is 14.2 Å². The minimum absolute atomic E-state index is 0.0803. The summed E-state index contributed by atoms with van der Waals surface area (Å²) >= 11 is 0. The monoisotopic (exact) mass is 310 g/mol. The Balaban J connectivity index is 1.90. The Kier molecular flexibility index (Phi) is 3.97. The van der Waals surface area contributed by atoms with Crippen LogP contribution < -0.4 is 4.74 Å². The average molecular weight is 310 g/mol. The predicted octanol–water partition coefficient (Wildman–Crippen LogP) is 2.55. The van der Waals surface area contributed by atoms with E-state index in [1.807, 2.05) is 25.1 Å². The maximum atomic E-state index is 12.7. The van der Waals surface area contributed by atoms with Gasteiger partial charge in [-0.3, -0.25) is 14.8 Å². The Morgan fingerprint density at radius 1 is 1.35 bits per heavy atom. The summed E-state index contributed by atoms with van der Waals surface area (Å²) in [5.41, 5.74) is 3.16. The third kappa shape index (κ3) is 2.88. The molecule has 118 valence electrons. The van der Waals surface area contributed by atoms with Crippen molar-refractivity contribution in [3.63, 3.8) is 0 Å². The fourth-order valence-corrected chi connectivity index (χ4v) is 2.56. The van der Waals surface area contributed by atoms with Gasteiger partial charge in [-0.25, -0.2) is 0 Å². The number of nitrogens with one attached hydrogen (secondary N) is 1. The normalized spacial score (nSPS) is 10.7. The number of amides is 1. The molecule has 0 spiro atoms. The number of hydrogen-bond donors (Lipinski definition) is 1. The highest BCUT2D eigenvalue weighted by Crippen LogP contribution is 2.26. The van der Waals surface area contributed by atoms with Crippen molar-refractivity contribution in [1.82, 2.24) is 19.9 Å². The van der Waals surface area contributed by atoms with Crippen molar-refractivity contribution in [3.05, 3.63) is 53.7 Å². The number of ether oxygens (including phenoxy) is 1. The smallest absolute Gasteiger partial charge is 0.270 e. The number of aromatic nitrogens is 3. The van der Waals surface area contributed by atoms with E-state index in [0.717, 1.165) is 27.9 Å². The Hall–Kier alpha value is -2.89. The first-order valence-electron chi connectivity index (χ1n) is 7.27. The second-order valence-electron chi connectivity index (χ2n) is 5.39. The Labute approximate surface area is 134 Å². The van der Waals surface area contributed by atoms with Crippen LogP contribution in [0.25, 0.3) is 10.9 Å². The third-order valence-electron chi connectivity index (χ3n) is 3.84. The largest absolute Gasteiger partial charge is 0.497 e. The molecule has 1 aromatic carbocycles. The van der Waals surface area contributed by atoms with Gasteiger partial charge in [0.05, 0.1) is 25.5 Å². The molecule has 1 amide bonds. The van der Waals surface area contributed by atoms with E-state index in [1.165, 1.54) is 0 Å². The van der Waals surface area contributed by atoms with Crippen LogP contribution in [0.1, 0.15) is 21.7 Å². The van der Waals surface area contributed by atoms with Crippen molar-refractivity contribution < 1.29 is 9.53 Å². The van der Waals surface area contributed by atoms with E-state index in [0.29, 0.717) is 12.2 Å². The first-order valence-corrected chi connectivity index (χ1v) is 7.27. The molecule has 0 fully saturated rings. The number of nitrogens with zero attached hydrogens (tertiary/aromatic N) is 3. The van der Waals surface area contributed by atoms with Gasteiger partial charge in [-0.2, -0.15) is 0 Å². The molecular formula is C17H18N4O2.